The molecule has 0 aromatic heterocycles. The molecule has 3 aliphatic rings. The molecule has 0 fully saturated rings. The Balaban J connectivity index is 0.000000806. The fraction of sp³-hybridized carbons (Fsp3) is 0.652. The Bertz CT molecular complexity index is 3880. The minimum absolute atomic E-state index is 0.00589. The van der Waals surface area contributed by atoms with E-state index in [0.717, 1.165) is 27.8 Å². The molecule has 120 heavy (non-hydrogen) atoms. The number of carbonyl (C=O) groups excluding carboxylic acids is 1. The minimum atomic E-state index is -4.17. The quantitative estimate of drug-likeness (QED) is 0.0157. The first kappa shape index (κ1) is 120. The van der Waals surface area contributed by atoms with Gasteiger partial charge in [0.15, 0.2) is 25.2 Å². The molecule has 3 heterocycles. The zero-order valence-corrected chi connectivity index (χ0v) is 86.9. The van der Waals surface area contributed by atoms with Crippen LogP contribution in [0.5, 0.6) is 0 Å². The van der Waals surface area contributed by atoms with Crippen molar-refractivity contribution < 1.29 is 117 Å². The number of carboxylic acids is 1. The van der Waals surface area contributed by atoms with E-state index in [0.29, 0.717) is 62.5 Å². The number of aliphatic imine (C=N–C) groups is 2. The molecular weight excluding hydrogens is 2250 g/mol. The number of cyclic esters (lactones) is 1. The molecule has 5 rings (SSSR count). The number of nitrogens with zero attached hydrogens (tertiary/aromatic N) is 2. The van der Waals surface area contributed by atoms with Crippen molar-refractivity contribution in [2.45, 2.75) is 203 Å². The fourth-order valence-electron chi connectivity index (χ4n) is 9.30. The number of benzene rings is 2. The number of esters is 1. The second kappa shape index (κ2) is 55.3. The van der Waals surface area contributed by atoms with Crippen LogP contribution in [0.4, 0.5) is 0 Å². The molecule has 0 bridgehead atoms. The molecule has 0 spiro atoms. The summed E-state index contributed by atoms with van der Waals surface area (Å²) in [5, 5.41) is 18.8. The number of alkyl halides is 24. The monoisotopic (exact) mass is 2320 g/mol. The molecule has 2 aromatic carbocycles. The topological polar surface area (TPSA) is 288 Å². The molecule has 2 N–H and O–H groups in total. The van der Waals surface area contributed by atoms with E-state index >= 15 is 0 Å². The summed E-state index contributed by atoms with van der Waals surface area (Å²) in [6.45, 7) is 16.6. The van der Waals surface area contributed by atoms with Crippen molar-refractivity contribution in [1.82, 2.24) is 0 Å². The number of aliphatic hydroxyl groups is 1. The number of aryl methyl sites for hydroxylation is 2. The van der Waals surface area contributed by atoms with E-state index in [2.05, 4.69) is 39.2 Å². The molecule has 0 unspecified atom stereocenters. The van der Waals surface area contributed by atoms with Crippen molar-refractivity contribution in [2.75, 3.05) is 79.3 Å². The van der Waals surface area contributed by atoms with Crippen molar-refractivity contribution in [3.05, 3.63) is 105 Å². The van der Waals surface area contributed by atoms with Gasteiger partial charge in [0, 0.05) is 36.8 Å². The van der Waals surface area contributed by atoms with Crippen molar-refractivity contribution in [3.63, 3.8) is 0 Å². The Morgan fingerprint density at radius 3 is 1.01 bits per heavy atom. The zero-order chi connectivity index (χ0) is 92.7. The number of ether oxygens (including phenoxy) is 11. The van der Waals surface area contributed by atoms with Gasteiger partial charge in [-0.1, -0.05) is 314 Å². The van der Waals surface area contributed by atoms with Gasteiger partial charge in [0.2, 0.25) is 42.1 Å². The van der Waals surface area contributed by atoms with Crippen LogP contribution in [0.25, 0.3) is 0 Å². The first-order chi connectivity index (χ1) is 54.6. The van der Waals surface area contributed by atoms with E-state index < -0.39 is 93.7 Å². The maximum atomic E-state index is 12.9. The van der Waals surface area contributed by atoms with Gasteiger partial charge in [-0.3, -0.25) is 4.79 Å². The Hall–Kier alpha value is 2.41. The van der Waals surface area contributed by atoms with Crippen LogP contribution in [-0.2, 0) is 110 Å². The van der Waals surface area contributed by atoms with E-state index in [1.54, 1.807) is 38.1 Å². The van der Waals surface area contributed by atoms with Gasteiger partial charge in [-0.25, -0.2) is 14.8 Å². The van der Waals surface area contributed by atoms with Crippen LogP contribution in [-0.4, -0.2) is 197 Å². The van der Waals surface area contributed by atoms with E-state index in [-0.39, 0.29) is 129 Å². The Morgan fingerprint density at radius 1 is 0.458 bits per heavy atom. The SMILES string of the molecule is C/C(CO)=C(\CCC(OCC(Cl)(Cl)Cl)OCC(Cl)(Cl)Cl)C1=NC(C)(C)CO1.C/C(OS(=O)(=O)c1ccc(C)cc1)=C(\CCC(OCC(Cl)(Cl)Cl)OCC(Cl)(Cl)Cl)C1=NC(C)(C)CO1.C/C(OS(=O)(=O)c1ccc(C)cc1)=C(\CCC(OCC(Cl)(Cl)Cl)OCC(Cl)(Cl)Cl)CC(=O)O.CC1=C(CCC(OCC(Cl)(Cl)Cl)OCC(Cl)(Cl)Cl)C(=O)OC1.[Cl][Ag]. The Morgan fingerprint density at radius 2 is 0.742 bits per heavy atom. The van der Waals surface area contributed by atoms with Gasteiger partial charge >= 0.3 is 61.4 Å². The summed E-state index contributed by atoms with van der Waals surface area (Å²) >= 11 is 139. The molecular formula is C69H86AgCl25N2O21S2. The molecule has 3 aliphatic heterocycles. The van der Waals surface area contributed by atoms with Crippen LogP contribution in [0.15, 0.2) is 113 Å². The number of allylic oxidation sites excluding steroid dienone is 2. The second-order valence-corrected chi connectivity index (χ2v) is 50.3. The van der Waals surface area contributed by atoms with Crippen LogP contribution in [0.1, 0.15) is 124 Å². The molecule has 0 saturated carbocycles. The van der Waals surface area contributed by atoms with E-state index in [1.165, 1.54) is 38.1 Å². The average Bonchev–Trinajstić information content (AvgIpc) is 1.45. The maximum absolute atomic E-state index is 12.9. The van der Waals surface area contributed by atoms with E-state index in [1.807, 2.05) is 41.5 Å². The van der Waals surface area contributed by atoms with Gasteiger partial charge < -0.3 is 70.7 Å². The number of carbonyl (C=O) groups is 2. The van der Waals surface area contributed by atoms with Crippen molar-refractivity contribution in [1.29, 1.82) is 0 Å². The molecule has 696 valence electrons. The summed E-state index contributed by atoms with van der Waals surface area (Å²) in [5.74, 6) is -0.820. The third-order valence-electron chi connectivity index (χ3n) is 14.8. The van der Waals surface area contributed by atoms with Crippen LogP contribution >= 0.6 is 288 Å². The molecule has 0 amide bonds. The Kier molecular flexibility index (Phi) is 55.5. The van der Waals surface area contributed by atoms with Crippen molar-refractivity contribution >= 4 is 332 Å². The second-order valence-electron chi connectivity index (χ2n) is 27.0. The predicted molar refractivity (Wildman–Crippen MR) is 483 cm³/mol. The normalized spacial score (nSPS) is 16.1. The predicted octanol–water partition coefficient (Wildman–Crippen LogP) is 24.2. The summed E-state index contributed by atoms with van der Waals surface area (Å²) in [7, 11) is -3.84. The number of hydrogen-bond acceptors (Lipinski definition) is 22. The fourth-order valence-corrected chi connectivity index (χ4v) is 12.8. The summed E-state index contributed by atoms with van der Waals surface area (Å²) in [4.78, 5) is 31.9. The summed E-state index contributed by atoms with van der Waals surface area (Å²) in [5.41, 5.74) is 4.47. The molecule has 0 atom stereocenters. The zero-order valence-electron chi connectivity index (χ0n) is 64.9. The molecule has 0 radical (unpaired) electrons. The first-order valence-electron chi connectivity index (χ1n) is 34.4. The van der Waals surface area contributed by atoms with Gasteiger partial charge in [0.05, 0.1) is 82.5 Å². The Labute approximate surface area is 836 Å². The molecule has 23 nitrogen and oxygen atoms in total. The number of aliphatic carboxylic acids is 1. The average molecular weight is 2340 g/mol. The number of rotatable bonds is 39. The molecule has 0 saturated heterocycles. The third kappa shape index (κ3) is 57.1. The van der Waals surface area contributed by atoms with Gasteiger partial charge in [0.25, 0.3) is 0 Å². The van der Waals surface area contributed by atoms with E-state index in [9.17, 15) is 36.6 Å². The number of aliphatic hydroxyl groups excluding tert-OH is 1. The van der Waals surface area contributed by atoms with Crippen molar-refractivity contribution in [3.8, 4) is 0 Å². The van der Waals surface area contributed by atoms with Gasteiger partial charge in [-0.15, -0.1) is 0 Å². The van der Waals surface area contributed by atoms with Crippen LogP contribution < -0.4 is 0 Å². The van der Waals surface area contributed by atoms with Crippen LogP contribution in [0.3, 0.4) is 0 Å². The van der Waals surface area contributed by atoms with Gasteiger partial charge in [-0.05, 0) is 136 Å². The number of halogens is 25. The van der Waals surface area contributed by atoms with Crippen molar-refractivity contribution in [2.24, 2.45) is 9.98 Å². The standard InChI is InChI=1S/C22H27Cl6NO6S.C19H22Cl6O7S.C16H23Cl6NO4.C12H14Cl6O4.Ag.ClH/c1-14-5-7-16(8-6-14)36(30,31)35-15(2)17(19-29-20(3,4)11-34-19)9-10-18(32-12-21(23,24)25)33-13-22(26,27)28;1-12-3-6-15(7-4-12)33(28,29)32-13(2)14(9-16(26)27)5-8-17(30-10-18(20,21)22)31-11-19(23,24)25;1-10(6-24)11(13-23-14(2,3)7-27-13)4-5-12(25-8-15(17,18)19)26-9-16(20,21)22;1-7-4-20-10(19)8(7)2-3-9(21-5-11(13,14)15)22-6-12(16,17)18;;/h5-8,18H,9-13H2,1-4H3;3-4,6-7,17H,5,8-11H2,1-2H3,(H,26,27);12,24H,4-9H2,1-3H3;9H,2-6H2,1H3;;1H/q;;;;+1;/p-1/b17-15-;14-13-;11-10-;;;. The van der Waals surface area contributed by atoms with Crippen LogP contribution in [0, 0.1) is 13.8 Å². The van der Waals surface area contributed by atoms with Crippen LogP contribution in [0.2, 0.25) is 0 Å². The molecule has 51 heteroatoms. The number of hydrogen-bond donors (Lipinski definition) is 2. The summed E-state index contributed by atoms with van der Waals surface area (Å²) in [6.07, 6.45) is -2.28. The first-order valence-corrected chi connectivity index (χ1v) is 48.2. The third-order valence-corrected chi connectivity index (χ3v) is 20.1. The molecule has 0 aliphatic carbocycles. The summed E-state index contributed by atoms with van der Waals surface area (Å²) < 4.78 is 108. The summed E-state index contributed by atoms with van der Waals surface area (Å²) in [6, 6.07) is 12.3. The van der Waals surface area contributed by atoms with Gasteiger partial charge in [-0.2, -0.15) is 16.8 Å². The number of carboxylic acid groups (broad SMARTS) is 1. The molecule has 2 aromatic rings. The van der Waals surface area contributed by atoms with E-state index in [4.69, 9.17) is 339 Å². The van der Waals surface area contributed by atoms with Gasteiger partial charge in [0.1, 0.15) is 41.1 Å².